The van der Waals surface area contributed by atoms with Gasteiger partial charge in [0.05, 0.1) is 0 Å². The van der Waals surface area contributed by atoms with Gasteiger partial charge in [-0.2, -0.15) is 0 Å². The monoisotopic (exact) mass is 252 g/mol. The number of nitrogens with zero attached hydrogens (tertiary/aromatic N) is 1. The molecular formula is C17H20N2. The second-order valence-electron chi connectivity index (χ2n) is 5.21. The van der Waals surface area contributed by atoms with Crippen LogP contribution >= 0.6 is 0 Å². The summed E-state index contributed by atoms with van der Waals surface area (Å²) in [5.41, 5.74) is 10.2. The summed E-state index contributed by atoms with van der Waals surface area (Å²) in [7, 11) is 0. The quantitative estimate of drug-likeness (QED) is 0.908. The van der Waals surface area contributed by atoms with Gasteiger partial charge in [-0.3, -0.25) is 4.90 Å². The third-order valence-electron chi connectivity index (χ3n) is 4.17. The molecule has 0 saturated carbocycles. The molecule has 0 spiro atoms. The highest BCUT2D eigenvalue weighted by Gasteiger charge is 2.32. The highest BCUT2D eigenvalue weighted by molar-refractivity contribution is 5.35. The molecule has 2 aromatic carbocycles. The van der Waals surface area contributed by atoms with E-state index in [2.05, 4.69) is 66.4 Å². The number of benzene rings is 2. The van der Waals surface area contributed by atoms with Crippen LogP contribution in [0.2, 0.25) is 0 Å². The van der Waals surface area contributed by atoms with Crippen LogP contribution in [0.4, 0.5) is 0 Å². The molecule has 2 unspecified atom stereocenters. The topological polar surface area (TPSA) is 29.3 Å². The Labute approximate surface area is 114 Å². The first-order valence-electron chi connectivity index (χ1n) is 6.90. The summed E-state index contributed by atoms with van der Waals surface area (Å²) in [6.07, 6.45) is 0. The summed E-state index contributed by atoms with van der Waals surface area (Å²) in [5.74, 6) is 0. The fraction of sp³-hybridized carbons (Fsp3) is 0.294. The number of rotatable bonds is 3. The van der Waals surface area contributed by atoms with Crippen LogP contribution in [0.25, 0.3) is 0 Å². The van der Waals surface area contributed by atoms with Crippen molar-refractivity contribution in [3.8, 4) is 0 Å². The molecule has 2 nitrogen and oxygen atoms in total. The van der Waals surface area contributed by atoms with E-state index in [4.69, 9.17) is 5.73 Å². The van der Waals surface area contributed by atoms with E-state index >= 15 is 0 Å². The fourth-order valence-corrected chi connectivity index (χ4v) is 3.08. The molecule has 2 heteroatoms. The zero-order chi connectivity index (χ0) is 13.2. The Bertz CT molecular complexity index is 550. The second kappa shape index (κ2) is 5.16. The molecule has 0 aromatic heterocycles. The standard InChI is InChI=1S/C17H20N2/c1-13(14-7-3-2-4-8-14)19-12-15-9-5-6-10-16(15)17(19)11-18/h2-10,13,17H,11-12,18H2,1H3. The SMILES string of the molecule is CC(c1ccccc1)N1Cc2ccccc2C1CN. The van der Waals surface area contributed by atoms with Crippen molar-refractivity contribution in [2.45, 2.75) is 25.6 Å². The van der Waals surface area contributed by atoms with Crippen LogP contribution in [-0.4, -0.2) is 11.4 Å². The van der Waals surface area contributed by atoms with Gasteiger partial charge in [0.1, 0.15) is 0 Å². The van der Waals surface area contributed by atoms with Gasteiger partial charge in [0.25, 0.3) is 0 Å². The Kier molecular flexibility index (Phi) is 3.36. The lowest BCUT2D eigenvalue weighted by Gasteiger charge is -2.30. The Morgan fingerprint density at radius 2 is 1.79 bits per heavy atom. The molecule has 0 bridgehead atoms. The second-order valence-corrected chi connectivity index (χ2v) is 5.21. The number of fused-ring (bicyclic) bond motifs is 1. The van der Waals surface area contributed by atoms with Gasteiger partial charge in [0.15, 0.2) is 0 Å². The minimum Gasteiger partial charge on any atom is -0.329 e. The Balaban J connectivity index is 1.91. The zero-order valence-corrected chi connectivity index (χ0v) is 11.3. The van der Waals surface area contributed by atoms with Crippen LogP contribution in [0.1, 0.15) is 35.7 Å². The van der Waals surface area contributed by atoms with E-state index in [1.165, 1.54) is 16.7 Å². The van der Waals surface area contributed by atoms with Crippen molar-refractivity contribution in [3.05, 3.63) is 71.3 Å². The van der Waals surface area contributed by atoms with Crippen molar-refractivity contribution in [2.24, 2.45) is 5.73 Å². The Morgan fingerprint density at radius 1 is 1.11 bits per heavy atom. The minimum absolute atomic E-state index is 0.339. The van der Waals surface area contributed by atoms with E-state index in [0.29, 0.717) is 18.6 Å². The van der Waals surface area contributed by atoms with Crippen LogP contribution in [-0.2, 0) is 6.54 Å². The zero-order valence-electron chi connectivity index (χ0n) is 11.3. The maximum absolute atomic E-state index is 6.01. The maximum atomic E-state index is 6.01. The molecular weight excluding hydrogens is 232 g/mol. The largest absolute Gasteiger partial charge is 0.329 e. The molecule has 19 heavy (non-hydrogen) atoms. The molecule has 98 valence electrons. The van der Waals surface area contributed by atoms with Crippen LogP contribution in [0.5, 0.6) is 0 Å². The minimum atomic E-state index is 0.339. The molecule has 1 heterocycles. The first-order valence-corrected chi connectivity index (χ1v) is 6.90. The van der Waals surface area contributed by atoms with Crippen molar-refractivity contribution in [2.75, 3.05) is 6.54 Å². The predicted molar refractivity (Wildman–Crippen MR) is 78.6 cm³/mol. The van der Waals surface area contributed by atoms with E-state index in [1.807, 2.05) is 0 Å². The summed E-state index contributed by atoms with van der Waals surface area (Å²) < 4.78 is 0. The van der Waals surface area contributed by atoms with E-state index in [0.717, 1.165) is 6.54 Å². The van der Waals surface area contributed by atoms with E-state index in [9.17, 15) is 0 Å². The number of nitrogens with two attached hydrogens (primary N) is 1. The van der Waals surface area contributed by atoms with Gasteiger partial charge in [-0.15, -0.1) is 0 Å². The summed E-state index contributed by atoms with van der Waals surface area (Å²) in [5, 5.41) is 0. The average Bonchev–Trinajstić information content (AvgIpc) is 2.85. The molecule has 0 aliphatic carbocycles. The third-order valence-corrected chi connectivity index (χ3v) is 4.17. The van der Waals surface area contributed by atoms with Crippen molar-refractivity contribution in [3.63, 3.8) is 0 Å². The predicted octanol–water partition coefficient (Wildman–Crippen LogP) is 3.26. The van der Waals surface area contributed by atoms with Gasteiger partial charge < -0.3 is 5.73 Å². The van der Waals surface area contributed by atoms with E-state index in [1.54, 1.807) is 0 Å². The first kappa shape index (κ1) is 12.4. The summed E-state index contributed by atoms with van der Waals surface area (Å²) >= 11 is 0. The molecule has 1 aliphatic heterocycles. The molecule has 0 amide bonds. The highest BCUT2D eigenvalue weighted by Crippen LogP contribution is 2.38. The lowest BCUT2D eigenvalue weighted by molar-refractivity contribution is 0.161. The molecule has 2 atom stereocenters. The smallest absolute Gasteiger partial charge is 0.0483 e. The van der Waals surface area contributed by atoms with Gasteiger partial charge in [-0.05, 0) is 23.6 Å². The Morgan fingerprint density at radius 3 is 2.53 bits per heavy atom. The molecule has 0 radical (unpaired) electrons. The highest BCUT2D eigenvalue weighted by atomic mass is 15.2. The Hall–Kier alpha value is -1.64. The van der Waals surface area contributed by atoms with Gasteiger partial charge in [-0.1, -0.05) is 54.6 Å². The van der Waals surface area contributed by atoms with Crippen LogP contribution in [0.3, 0.4) is 0 Å². The van der Waals surface area contributed by atoms with Crippen molar-refractivity contribution < 1.29 is 0 Å². The molecule has 2 N–H and O–H groups in total. The van der Waals surface area contributed by atoms with Crippen LogP contribution in [0.15, 0.2) is 54.6 Å². The van der Waals surface area contributed by atoms with Crippen molar-refractivity contribution in [1.82, 2.24) is 4.90 Å². The summed E-state index contributed by atoms with van der Waals surface area (Å²) in [4.78, 5) is 2.50. The van der Waals surface area contributed by atoms with E-state index in [-0.39, 0.29) is 0 Å². The molecule has 1 aliphatic rings. The number of hydrogen-bond donors (Lipinski definition) is 1. The van der Waals surface area contributed by atoms with Crippen LogP contribution < -0.4 is 5.73 Å². The number of hydrogen-bond acceptors (Lipinski definition) is 2. The lowest BCUT2D eigenvalue weighted by atomic mass is 10.0. The van der Waals surface area contributed by atoms with E-state index < -0.39 is 0 Å². The van der Waals surface area contributed by atoms with Crippen molar-refractivity contribution >= 4 is 0 Å². The molecule has 3 rings (SSSR count). The van der Waals surface area contributed by atoms with Gasteiger partial charge in [-0.25, -0.2) is 0 Å². The normalized spacial score (nSPS) is 20.2. The fourth-order valence-electron chi connectivity index (χ4n) is 3.08. The van der Waals surface area contributed by atoms with Gasteiger partial charge in [0, 0.05) is 25.2 Å². The maximum Gasteiger partial charge on any atom is 0.0483 e. The van der Waals surface area contributed by atoms with Gasteiger partial charge in [0.2, 0.25) is 0 Å². The first-order chi connectivity index (χ1) is 9.31. The summed E-state index contributed by atoms with van der Waals surface area (Å²) in [6.45, 7) is 3.94. The molecule has 2 aromatic rings. The van der Waals surface area contributed by atoms with Gasteiger partial charge >= 0.3 is 0 Å². The summed E-state index contributed by atoms with van der Waals surface area (Å²) in [6, 6.07) is 20.0. The molecule has 0 fully saturated rings. The third kappa shape index (κ3) is 2.18. The average molecular weight is 252 g/mol. The lowest BCUT2D eigenvalue weighted by Crippen LogP contribution is -2.30. The van der Waals surface area contributed by atoms with Crippen molar-refractivity contribution in [1.29, 1.82) is 0 Å². The molecule has 0 saturated heterocycles. The van der Waals surface area contributed by atoms with Crippen LogP contribution in [0, 0.1) is 0 Å².